The summed E-state index contributed by atoms with van der Waals surface area (Å²) in [6.45, 7) is 0.266. The molecule has 1 aromatic carbocycles. The van der Waals surface area contributed by atoms with Gasteiger partial charge < -0.3 is 5.73 Å². The zero-order valence-corrected chi connectivity index (χ0v) is 10.9. The summed E-state index contributed by atoms with van der Waals surface area (Å²) in [5.41, 5.74) is 6.64. The second-order valence-electron chi connectivity index (χ2n) is 4.03. The predicted octanol–water partition coefficient (Wildman–Crippen LogP) is -0.0476. The van der Waals surface area contributed by atoms with Gasteiger partial charge in [-0.15, -0.1) is 0 Å². The molecule has 0 aliphatic heterocycles. The smallest absolute Gasteiger partial charge is 0.279 e. The number of nitrogens with one attached hydrogen (secondary N) is 1. The molecule has 3 N–H and O–H groups in total. The molecule has 0 bridgehead atoms. The quantitative estimate of drug-likeness (QED) is 0.750. The number of hydrogen-bond acceptors (Lipinski definition) is 3. The highest BCUT2D eigenvalue weighted by molar-refractivity contribution is 7.87. The highest BCUT2D eigenvalue weighted by atomic mass is 32.2. The molecule has 0 radical (unpaired) electrons. The van der Waals surface area contributed by atoms with E-state index in [4.69, 9.17) is 5.73 Å². The fourth-order valence-corrected chi connectivity index (χ4v) is 2.20. The Labute approximate surface area is 103 Å². The Bertz CT molecular complexity index is 431. The van der Waals surface area contributed by atoms with Gasteiger partial charge in [0.25, 0.3) is 10.2 Å². The molecule has 1 rings (SSSR count). The van der Waals surface area contributed by atoms with Crippen LogP contribution in [0.15, 0.2) is 30.3 Å². The molecule has 17 heavy (non-hydrogen) atoms. The van der Waals surface area contributed by atoms with Crippen LogP contribution < -0.4 is 10.5 Å². The summed E-state index contributed by atoms with van der Waals surface area (Å²) < 4.78 is 27.0. The molecule has 0 aliphatic carbocycles. The normalized spacial score (nSPS) is 13.9. The van der Waals surface area contributed by atoms with Gasteiger partial charge in [-0.1, -0.05) is 30.3 Å². The van der Waals surface area contributed by atoms with Crippen LogP contribution in [-0.2, 0) is 16.6 Å². The molecule has 0 spiro atoms. The fourth-order valence-electron chi connectivity index (χ4n) is 1.39. The van der Waals surface area contributed by atoms with Crippen LogP contribution in [0.3, 0.4) is 0 Å². The predicted molar refractivity (Wildman–Crippen MR) is 68.7 cm³/mol. The maximum absolute atomic E-state index is 11.6. The first-order valence-electron chi connectivity index (χ1n) is 5.39. The minimum atomic E-state index is -3.43. The lowest BCUT2D eigenvalue weighted by atomic mass is 10.1. The molecule has 0 saturated carbocycles. The summed E-state index contributed by atoms with van der Waals surface area (Å²) in [4.78, 5) is 0. The Balaban J connectivity index is 2.68. The first kappa shape index (κ1) is 14.1. The maximum atomic E-state index is 11.6. The number of rotatable bonds is 6. The molecule has 0 saturated heterocycles. The van der Waals surface area contributed by atoms with E-state index in [0.29, 0.717) is 6.42 Å². The van der Waals surface area contributed by atoms with E-state index in [2.05, 4.69) is 4.72 Å². The summed E-state index contributed by atoms with van der Waals surface area (Å²) in [5.74, 6) is 0. The van der Waals surface area contributed by atoms with Crippen molar-refractivity contribution in [3.8, 4) is 0 Å². The van der Waals surface area contributed by atoms with Gasteiger partial charge in [0, 0.05) is 26.7 Å². The summed E-state index contributed by atoms with van der Waals surface area (Å²) in [7, 11) is -0.457. The van der Waals surface area contributed by atoms with Gasteiger partial charge in [0.05, 0.1) is 0 Å². The minimum Gasteiger partial charge on any atom is -0.329 e. The Kier molecular flexibility index (Phi) is 5.07. The lowest BCUT2D eigenvalue weighted by Gasteiger charge is -2.19. The van der Waals surface area contributed by atoms with Crippen molar-refractivity contribution in [1.29, 1.82) is 0 Å². The van der Waals surface area contributed by atoms with Crippen LogP contribution in [0.1, 0.15) is 5.56 Å². The van der Waals surface area contributed by atoms with E-state index in [9.17, 15) is 8.42 Å². The molecular formula is C11H19N3O2S. The average molecular weight is 257 g/mol. The van der Waals surface area contributed by atoms with E-state index in [-0.39, 0.29) is 12.6 Å². The molecule has 5 nitrogen and oxygen atoms in total. The van der Waals surface area contributed by atoms with Crippen LogP contribution >= 0.6 is 0 Å². The lowest BCUT2D eigenvalue weighted by Crippen LogP contribution is -2.46. The SMILES string of the molecule is CN(C)S(=O)(=O)NC(CN)Cc1ccccc1. The van der Waals surface area contributed by atoms with E-state index in [1.165, 1.54) is 14.1 Å². The molecule has 0 heterocycles. The number of benzene rings is 1. The lowest BCUT2D eigenvalue weighted by molar-refractivity contribution is 0.485. The van der Waals surface area contributed by atoms with Gasteiger partial charge in [0.15, 0.2) is 0 Å². The van der Waals surface area contributed by atoms with Crippen molar-refractivity contribution in [2.45, 2.75) is 12.5 Å². The van der Waals surface area contributed by atoms with Gasteiger partial charge in [-0.2, -0.15) is 17.4 Å². The number of nitrogens with two attached hydrogens (primary N) is 1. The zero-order valence-electron chi connectivity index (χ0n) is 10.1. The Morgan fingerprint density at radius 3 is 2.35 bits per heavy atom. The van der Waals surface area contributed by atoms with E-state index in [0.717, 1.165) is 9.87 Å². The highest BCUT2D eigenvalue weighted by Crippen LogP contribution is 2.04. The maximum Gasteiger partial charge on any atom is 0.279 e. The third-order valence-corrected chi connectivity index (χ3v) is 4.00. The molecule has 1 atom stereocenters. The van der Waals surface area contributed by atoms with Gasteiger partial charge in [0.1, 0.15) is 0 Å². The van der Waals surface area contributed by atoms with E-state index in [1.54, 1.807) is 0 Å². The first-order valence-corrected chi connectivity index (χ1v) is 6.83. The summed E-state index contributed by atoms with van der Waals surface area (Å²) >= 11 is 0. The Hall–Kier alpha value is -0.950. The van der Waals surface area contributed by atoms with Crippen molar-refractivity contribution in [3.05, 3.63) is 35.9 Å². The highest BCUT2D eigenvalue weighted by Gasteiger charge is 2.18. The minimum absolute atomic E-state index is 0.266. The van der Waals surface area contributed by atoms with Crippen LogP contribution in [0.4, 0.5) is 0 Å². The van der Waals surface area contributed by atoms with Crippen LogP contribution in [0.25, 0.3) is 0 Å². The second-order valence-corrected chi connectivity index (χ2v) is 5.94. The van der Waals surface area contributed by atoms with Crippen molar-refractivity contribution in [2.24, 2.45) is 5.73 Å². The van der Waals surface area contributed by atoms with Crippen LogP contribution in [0.5, 0.6) is 0 Å². The van der Waals surface area contributed by atoms with Crippen molar-refractivity contribution >= 4 is 10.2 Å². The molecule has 6 heteroatoms. The first-order chi connectivity index (χ1) is 7.95. The zero-order chi connectivity index (χ0) is 12.9. The van der Waals surface area contributed by atoms with Gasteiger partial charge in [-0.25, -0.2) is 0 Å². The van der Waals surface area contributed by atoms with Crippen molar-refractivity contribution in [3.63, 3.8) is 0 Å². The van der Waals surface area contributed by atoms with E-state index >= 15 is 0 Å². The topological polar surface area (TPSA) is 75.4 Å². The van der Waals surface area contributed by atoms with Gasteiger partial charge in [0.2, 0.25) is 0 Å². The number of hydrogen-bond donors (Lipinski definition) is 2. The summed E-state index contributed by atoms with van der Waals surface area (Å²) in [6.07, 6.45) is 0.588. The Morgan fingerprint density at radius 1 is 1.29 bits per heavy atom. The molecular weight excluding hydrogens is 238 g/mol. The molecule has 1 unspecified atom stereocenters. The summed E-state index contributed by atoms with van der Waals surface area (Å²) in [6, 6.07) is 9.38. The van der Waals surface area contributed by atoms with E-state index < -0.39 is 10.2 Å². The van der Waals surface area contributed by atoms with E-state index in [1.807, 2.05) is 30.3 Å². The van der Waals surface area contributed by atoms with Crippen LogP contribution in [0, 0.1) is 0 Å². The van der Waals surface area contributed by atoms with Crippen molar-refractivity contribution in [2.75, 3.05) is 20.6 Å². The monoisotopic (exact) mass is 257 g/mol. The molecule has 0 fully saturated rings. The molecule has 1 aromatic rings. The fraction of sp³-hybridized carbons (Fsp3) is 0.455. The third-order valence-electron chi connectivity index (χ3n) is 2.41. The van der Waals surface area contributed by atoms with Crippen molar-refractivity contribution < 1.29 is 8.42 Å². The van der Waals surface area contributed by atoms with Gasteiger partial charge in [-0.05, 0) is 12.0 Å². The standard InChI is InChI=1S/C11H19N3O2S/c1-14(2)17(15,16)13-11(9-12)8-10-6-4-3-5-7-10/h3-7,11,13H,8-9,12H2,1-2H3. The van der Waals surface area contributed by atoms with Crippen LogP contribution in [-0.4, -0.2) is 39.4 Å². The number of nitrogens with zero attached hydrogens (tertiary/aromatic N) is 1. The van der Waals surface area contributed by atoms with Gasteiger partial charge >= 0.3 is 0 Å². The second kappa shape index (κ2) is 6.11. The molecule has 0 aromatic heterocycles. The van der Waals surface area contributed by atoms with Crippen LogP contribution in [0.2, 0.25) is 0 Å². The summed E-state index contributed by atoms with van der Waals surface area (Å²) in [5, 5.41) is 0. The Morgan fingerprint density at radius 2 is 1.88 bits per heavy atom. The molecule has 96 valence electrons. The molecule has 0 aliphatic rings. The largest absolute Gasteiger partial charge is 0.329 e. The third kappa shape index (κ3) is 4.43. The van der Waals surface area contributed by atoms with Crippen molar-refractivity contribution in [1.82, 2.24) is 9.03 Å². The van der Waals surface area contributed by atoms with Gasteiger partial charge in [-0.3, -0.25) is 0 Å². The average Bonchev–Trinajstić information content (AvgIpc) is 2.29. The molecule has 0 amide bonds.